The summed E-state index contributed by atoms with van der Waals surface area (Å²) < 4.78 is 0. The Morgan fingerprint density at radius 1 is 1.44 bits per heavy atom. The summed E-state index contributed by atoms with van der Waals surface area (Å²) in [5.41, 5.74) is 2.39. The minimum absolute atomic E-state index is 0.321. The Labute approximate surface area is 111 Å². The van der Waals surface area contributed by atoms with Gasteiger partial charge in [-0.15, -0.1) is 0 Å². The molecule has 0 aromatic carbocycles. The second-order valence-electron chi connectivity index (χ2n) is 5.34. The van der Waals surface area contributed by atoms with E-state index in [2.05, 4.69) is 41.2 Å². The van der Waals surface area contributed by atoms with E-state index in [0.717, 1.165) is 18.2 Å². The summed E-state index contributed by atoms with van der Waals surface area (Å²) in [4.78, 5) is 7.06. The highest BCUT2D eigenvalue weighted by Gasteiger charge is 2.24. The van der Waals surface area contributed by atoms with Crippen LogP contribution in [0.1, 0.15) is 44.8 Å². The molecule has 1 aromatic heterocycles. The molecule has 2 rings (SSSR count). The Balaban J connectivity index is 2.04. The normalized spacial score (nSPS) is 16.6. The first-order valence-electron chi connectivity index (χ1n) is 7.12. The van der Waals surface area contributed by atoms with E-state index in [4.69, 9.17) is 0 Å². The van der Waals surface area contributed by atoms with Crippen molar-refractivity contribution in [2.75, 3.05) is 25.0 Å². The highest BCUT2D eigenvalue weighted by Crippen LogP contribution is 2.31. The van der Waals surface area contributed by atoms with Crippen molar-refractivity contribution < 1.29 is 0 Å². The van der Waals surface area contributed by atoms with E-state index in [9.17, 15) is 0 Å². The molecule has 0 saturated heterocycles. The van der Waals surface area contributed by atoms with Crippen molar-refractivity contribution in [1.29, 1.82) is 0 Å². The van der Waals surface area contributed by atoms with Crippen LogP contribution in [0.4, 0.5) is 5.69 Å². The van der Waals surface area contributed by atoms with E-state index in [1.165, 1.54) is 31.5 Å². The van der Waals surface area contributed by atoms with Gasteiger partial charge in [0.05, 0.1) is 17.6 Å². The average Bonchev–Trinajstić information content (AvgIpc) is 3.21. The Bertz CT molecular complexity index is 357. The zero-order valence-electron chi connectivity index (χ0n) is 11.8. The highest BCUT2D eigenvalue weighted by molar-refractivity contribution is 5.45. The molecule has 1 N–H and O–H groups in total. The molecule has 0 radical (unpaired) electrons. The van der Waals surface area contributed by atoms with E-state index in [0.29, 0.717) is 6.04 Å². The van der Waals surface area contributed by atoms with Crippen LogP contribution in [0.2, 0.25) is 0 Å². The highest BCUT2D eigenvalue weighted by atomic mass is 15.1. The van der Waals surface area contributed by atoms with Crippen LogP contribution >= 0.6 is 0 Å². The molecule has 0 amide bonds. The number of pyridine rings is 1. The van der Waals surface area contributed by atoms with E-state index in [1.807, 2.05) is 13.2 Å². The predicted octanol–water partition coefficient (Wildman–Crippen LogP) is 2.99. The van der Waals surface area contributed by atoms with Gasteiger partial charge in [-0.05, 0) is 51.3 Å². The standard InChI is InChI=1S/C15H25N3/c1-4-9-18(11-13-5-6-13)14-7-8-15(17-10-14)12(2)16-3/h7-8,10,12-13,16H,4-6,9,11H2,1-3H3. The van der Waals surface area contributed by atoms with Crippen molar-refractivity contribution in [3.63, 3.8) is 0 Å². The lowest BCUT2D eigenvalue weighted by Gasteiger charge is -2.24. The zero-order valence-corrected chi connectivity index (χ0v) is 11.8. The van der Waals surface area contributed by atoms with Crippen molar-refractivity contribution in [3.05, 3.63) is 24.0 Å². The van der Waals surface area contributed by atoms with Crippen LogP contribution < -0.4 is 10.2 Å². The van der Waals surface area contributed by atoms with Gasteiger partial charge in [0.1, 0.15) is 0 Å². The van der Waals surface area contributed by atoms with Crippen LogP contribution in [0.25, 0.3) is 0 Å². The smallest absolute Gasteiger partial charge is 0.0571 e. The molecule has 1 atom stereocenters. The first kappa shape index (κ1) is 13.3. The SMILES string of the molecule is CCCN(CC1CC1)c1ccc(C(C)NC)nc1. The largest absolute Gasteiger partial charge is 0.370 e. The third kappa shape index (κ3) is 3.45. The summed E-state index contributed by atoms with van der Waals surface area (Å²) in [6.07, 6.45) is 6.04. The Morgan fingerprint density at radius 3 is 2.72 bits per heavy atom. The predicted molar refractivity (Wildman–Crippen MR) is 76.9 cm³/mol. The summed E-state index contributed by atoms with van der Waals surface area (Å²) in [6.45, 7) is 6.72. The fraction of sp³-hybridized carbons (Fsp3) is 0.667. The van der Waals surface area contributed by atoms with Gasteiger partial charge in [-0.3, -0.25) is 4.98 Å². The Kier molecular flexibility index (Phi) is 4.59. The molecule has 18 heavy (non-hydrogen) atoms. The molecule has 1 saturated carbocycles. The molecular weight excluding hydrogens is 222 g/mol. The maximum Gasteiger partial charge on any atom is 0.0571 e. The monoisotopic (exact) mass is 247 g/mol. The van der Waals surface area contributed by atoms with Crippen LogP contribution in [-0.4, -0.2) is 25.1 Å². The second-order valence-corrected chi connectivity index (χ2v) is 5.34. The molecule has 0 bridgehead atoms. The van der Waals surface area contributed by atoms with Gasteiger partial charge in [0.15, 0.2) is 0 Å². The second kappa shape index (κ2) is 6.19. The van der Waals surface area contributed by atoms with E-state index in [1.54, 1.807) is 0 Å². The van der Waals surface area contributed by atoms with Crippen LogP contribution in [0.5, 0.6) is 0 Å². The number of aromatic nitrogens is 1. The van der Waals surface area contributed by atoms with Crippen LogP contribution in [0.15, 0.2) is 18.3 Å². The maximum atomic E-state index is 4.58. The third-order valence-corrected chi connectivity index (χ3v) is 3.68. The van der Waals surface area contributed by atoms with Gasteiger partial charge in [-0.2, -0.15) is 0 Å². The van der Waals surface area contributed by atoms with Crippen molar-refractivity contribution in [2.24, 2.45) is 5.92 Å². The summed E-state index contributed by atoms with van der Waals surface area (Å²) in [5.74, 6) is 0.924. The topological polar surface area (TPSA) is 28.2 Å². The molecule has 3 nitrogen and oxygen atoms in total. The minimum Gasteiger partial charge on any atom is -0.370 e. The number of nitrogens with zero attached hydrogens (tertiary/aromatic N) is 2. The van der Waals surface area contributed by atoms with E-state index in [-0.39, 0.29) is 0 Å². The molecule has 100 valence electrons. The fourth-order valence-electron chi connectivity index (χ4n) is 2.20. The number of hydrogen-bond donors (Lipinski definition) is 1. The van der Waals surface area contributed by atoms with E-state index >= 15 is 0 Å². The summed E-state index contributed by atoms with van der Waals surface area (Å²) in [7, 11) is 1.97. The number of nitrogens with one attached hydrogen (secondary N) is 1. The van der Waals surface area contributed by atoms with Gasteiger partial charge in [0, 0.05) is 19.1 Å². The van der Waals surface area contributed by atoms with Crippen LogP contribution in [0, 0.1) is 5.92 Å². The van der Waals surface area contributed by atoms with Gasteiger partial charge in [-0.25, -0.2) is 0 Å². The lowest BCUT2D eigenvalue weighted by molar-refractivity contribution is 0.631. The zero-order chi connectivity index (χ0) is 13.0. The molecule has 1 aliphatic rings. The van der Waals surface area contributed by atoms with Crippen molar-refractivity contribution in [2.45, 2.75) is 39.2 Å². The molecular formula is C15H25N3. The molecule has 1 heterocycles. The van der Waals surface area contributed by atoms with Gasteiger partial charge >= 0.3 is 0 Å². The molecule has 1 fully saturated rings. The lowest BCUT2D eigenvalue weighted by atomic mass is 10.2. The summed E-state index contributed by atoms with van der Waals surface area (Å²) >= 11 is 0. The Morgan fingerprint density at radius 2 is 2.22 bits per heavy atom. The van der Waals surface area contributed by atoms with Gasteiger partial charge in [0.25, 0.3) is 0 Å². The number of anilines is 1. The summed E-state index contributed by atoms with van der Waals surface area (Å²) in [6, 6.07) is 4.68. The fourth-order valence-corrected chi connectivity index (χ4v) is 2.20. The lowest BCUT2D eigenvalue weighted by Crippen LogP contribution is -2.26. The van der Waals surface area contributed by atoms with E-state index < -0.39 is 0 Å². The molecule has 0 aliphatic heterocycles. The van der Waals surface area contributed by atoms with Gasteiger partial charge < -0.3 is 10.2 Å². The quantitative estimate of drug-likeness (QED) is 0.803. The van der Waals surface area contributed by atoms with Crippen molar-refractivity contribution in [3.8, 4) is 0 Å². The molecule has 3 heteroatoms. The Hall–Kier alpha value is -1.09. The first-order chi connectivity index (χ1) is 8.74. The minimum atomic E-state index is 0.321. The maximum absolute atomic E-state index is 4.58. The molecule has 1 aromatic rings. The van der Waals surface area contributed by atoms with Crippen LogP contribution in [-0.2, 0) is 0 Å². The average molecular weight is 247 g/mol. The number of hydrogen-bond acceptors (Lipinski definition) is 3. The van der Waals surface area contributed by atoms with Gasteiger partial charge in [0.2, 0.25) is 0 Å². The van der Waals surface area contributed by atoms with Gasteiger partial charge in [-0.1, -0.05) is 6.92 Å². The first-order valence-corrected chi connectivity index (χ1v) is 7.12. The molecule has 0 spiro atoms. The number of rotatable bonds is 7. The van der Waals surface area contributed by atoms with Crippen LogP contribution in [0.3, 0.4) is 0 Å². The van der Waals surface area contributed by atoms with Crippen molar-refractivity contribution in [1.82, 2.24) is 10.3 Å². The molecule has 1 unspecified atom stereocenters. The third-order valence-electron chi connectivity index (χ3n) is 3.68. The molecule has 1 aliphatic carbocycles. The van der Waals surface area contributed by atoms with Crippen molar-refractivity contribution >= 4 is 5.69 Å². The summed E-state index contributed by atoms with van der Waals surface area (Å²) in [5, 5.41) is 3.22.